The lowest BCUT2D eigenvalue weighted by molar-refractivity contribution is 0.361. The van der Waals surface area contributed by atoms with Gasteiger partial charge in [0, 0.05) is 27.8 Å². The minimum Gasteiger partial charge on any atom is -0.449 e. The lowest BCUT2D eigenvalue weighted by Gasteiger charge is -2.34. The first kappa shape index (κ1) is 34.9. The Bertz CT molecular complexity index is 3260. The third-order valence-electron chi connectivity index (χ3n) is 12.2. The van der Waals surface area contributed by atoms with E-state index in [1.807, 2.05) is 30.3 Å². The van der Waals surface area contributed by atoms with Gasteiger partial charge in [-0.25, -0.2) is 9.97 Å². The fourth-order valence-corrected chi connectivity index (χ4v) is 9.56. The van der Waals surface area contributed by atoms with E-state index in [0.717, 1.165) is 61.5 Å². The van der Waals surface area contributed by atoms with Crippen LogP contribution in [0.15, 0.2) is 218 Å². The van der Waals surface area contributed by atoms with E-state index < -0.39 is 5.41 Å². The van der Waals surface area contributed by atoms with E-state index in [-0.39, 0.29) is 0 Å². The van der Waals surface area contributed by atoms with E-state index in [0.29, 0.717) is 23.1 Å². The Morgan fingerprint density at radius 1 is 0.361 bits per heavy atom. The highest BCUT2D eigenvalue weighted by Crippen LogP contribution is 2.62. The molecular weight excluding hydrogens is 745 g/mol. The molecule has 0 saturated carbocycles. The van der Waals surface area contributed by atoms with Crippen molar-refractivity contribution in [2.24, 2.45) is 0 Å². The van der Waals surface area contributed by atoms with Crippen LogP contribution in [0.2, 0.25) is 0 Å². The zero-order chi connectivity index (χ0) is 40.3. The molecule has 0 fully saturated rings. The Kier molecular flexibility index (Phi) is 8.04. The Hall–Kier alpha value is -8.08. The fraction of sp³-hybridized carbons (Fsp3) is 0.0175. The molecule has 0 bridgehead atoms. The van der Waals surface area contributed by atoms with Crippen LogP contribution in [0.25, 0.3) is 66.9 Å². The van der Waals surface area contributed by atoms with Gasteiger partial charge in [0.25, 0.3) is 0 Å². The molecule has 10 aromatic rings. The molecule has 0 N–H and O–H groups in total. The van der Waals surface area contributed by atoms with Gasteiger partial charge in [-0.15, -0.1) is 0 Å². The van der Waals surface area contributed by atoms with Gasteiger partial charge in [-0.05, 0) is 68.4 Å². The predicted molar refractivity (Wildman–Crippen MR) is 245 cm³/mol. The molecule has 1 aliphatic carbocycles. The van der Waals surface area contributed by atoms with Crippen molar-refractivity contribution in [2.75, 3.05) is 0 Å². The van der Waals surface area contributed by atoms with Gasteiger partial charge in [-0.2, -0.15) is 0 Å². The van der Waals surface area contributed by atoms with Crippen molar-refractivity contribution in [3.8, 4) is 79.2 Å². The highest BCUT2D eigenvalue weighted by atomic mass is 16.6. The first-order chi connectivity index (χ1) is 30.2. The van der Waals surface area contributed by atoms with Crippen molar-refractivity contribution in [1.29, 1.82) is 0 Å². The van der Waals surface area contributed by atoms with Gasteiger partial charge >= 0.3 is 0 Å². The van der Waals surface area contributed by atoms with E-state index in [1.54, 1.807) is 0 Å². The van der Waals surface area contributed by atoms with Crippen LogP contribution in [-0.2, 0) is 5.41 Å². The molecule has 4 nitrogen and oxygen atoms in total. The van der Waals surface area contributed by atoms with E-state index in [9.17, 15) is 0 Å². The summed E-state index contributed by atoms with van der Waals surface area (Å²) < 4.78 is 14.0. The first-order valence-electron chi connectivity index (χ1n) is 20.6. The molecule has 61 heavy (non-hydrogen) atoms. The molecule has 0 atom stereocenters. The number of para-hydroxylation sites is 1. The summed E-state index contributed by atoms with van der Waals surface area (Å²) in [5, 5.41) is 2.32. The second-order valence-corrected chi connectivity index (χ2v) is 15.6. The van der Waals surface area contributed by atoms with Crippen LogP contribution in [0.1, 0.15) is 22.3 Å². The average molecular weight is 781 g/mol. The number of aromatic nitrogens is 2. The maximum Gasteiger partial charge on any atom is 0.178 e. The Morgan fingerprint density at radius 2 is 0.934 bits per heavy atom. The van der Waals surface area contributed by atoms with Gasteiger partial charge in [0.15, 0.2) is 28.8 Å². The normalized spacial score (nSPS) is 13.0. The zero-order valence-corrected chi connectivity index (χ0v) is 33.0. The number of hydrogen-bond acceptors (Lipinski definition) is 4. The van der Waals surface area contributed by atoms with Crippen molar-refractivity contribution in [2.45, 2.75) is 5.41 Å². The summed E-state index contributed by atoms with van der Waals surface area (Å²) in [7, 11) is 0. The summed E-state index contributed by atoms with van der Waals surface area (Å²) in [6, 6.07) is 76.4. The summed E-state index contributed by atoms with van der Waals surface area (Å²) in [5.41, 5.74) is 13.1. The molecule has 1 aliphatic heterocycles. The Labute approximate surface area is 354 Å². The highest BCUT2D eigenvalue weighted by Gasteiger charge is 2.48. The molecule has 0 unspecified atom stereocenters. The minimum absolute atomic E-state index is 0.537. The number of hydrogen-bond donors (Lipinski definition) is 0. The molecule has 12 rings (SSSR count). The van der Waals surface area contributed by atoms with Crippen LogP contribution in [0.5, 0.6) is 23.0 Å². The van der Waals surface area contributed by atoms with Crippen molar-refractivity contribution >= 4 is 10.8 Å². The van der Waals surface area contributed by atoms with Crippen LogP contribution in [0.4, 0.5) is 0 Å². The molecule has 0 radical (unpaired) electrons. The highest BCUT2D eigenvalue weighted by molar-refractivity contribution is 5.97. The minimum atomic E-state index is -0.537. The van der Waals surface area contributed by atoms with Gasteiger partial charge in [0.1, 0.15) is 0 Å². The summed E-state index contributed by atoms with van der Waals surface area (Å²) in [4.78, 5) is 10.3. The molecule has 286 valence electrons. The lowest BCUT2D eigenvalue weighted by Crippen LogP contribution is -2.28. The maximum absolute atomic E-state index is 7.04. The van der Waals surface area contributed by atoms with Gasteiger partial charge in [0.05, 0.1) is 16.8 Å². The second-order valence-electron chi connectivity index (χ2n) is 15.6. The summed E-state index contributed by atoms with van der Waals surface area (Å²) in [6.07, 6.45) is 0. The van der Waals surface area contributed by atoms with Crippen molar-refractivity contribution < 1.29 is 9.47 Å². The van der Waals surface area contributed by atoms with Crippen molar-refractivity contribution in [1.82, 2.24) is 9.97 Å². The second kappa shape index (κ2) is 14.0. The van der Waals surface area contributed by atoms with Crippen LogP contribution in [0, 0.1) is 0 Å². The maximum atomic E-state index is 7.04. The monoisotopic (exact) mass is 780 g/mol. The van der Waals surface area contributed by atoms with E-state index in [1.165, 1.54) is 27.6 Å². The Balaban J connectivity index is 0.976. The number of rotatable bonds is 6. The third kappa shape index (κ3) is 5.53. The van der Waals surface area contributed by atoms with Gasteiger partial charge in [0.2, 0.25) is 0 Å². The smallest absolute Gasteiger partial charge is 0.178 e. The molecule has 9 aromatic carbocycles. The Morgan fingerprint density at radius 3 is 1.75 bits per heavy atom. The summed E-state index contributed by atoms with van der Waals surface area (Å²) in [6.45, 7) is 0. The average Bonchev–Trinajstić information content (AvgIpc) is 3.65. The van der Waals surface area contributed by atoms with Gasteiger partial charge in [-0.1, -0.05) is 194 Å². The van der Waals surface area contributed by atoms with Crippen LogP contribution < -0.4 is 9.47 Å². The van der Waals surface area contributed by atoms with Gasteiger partial charge in [-0.3, -0.25) is 0 Å². The topological polar surface area (TPSA) is 44.2 Å². The van der Waals surface area contributed by atoms with E-state index in [4.69, 9.17) is 19.4 Å². The number of nitrogens with zero attached hydrogens (tertiary/aromatic N) is 2. The van der Waals surface area contributed by atoms with Gasteiger partial charge < -0.3 is 9.47 Å². The largest absolute Gasteiger partial charge is 0.449 e. The van der Waals surface area contributed by atoms with Crippen molar-refractivity contribution in [3.63, 3.8) is 0 Å². The quantitative estimate of drug-likeness (QED) is 0.169. The number of ether oxygens (including phenoxy) is 2. The SMILES string of the molecule is c1ccc(-c2nc(-c3cccc(-c4cccc5c4Oc4ccc6c(c4O5)-c4ccccc4C6(c4ccccc4)c4ccccc4)c3)cc(-c3cccc4ccccc34)n2)cc1. The zero-order valence-electron chi connectivity index (χ0n) is 33.0. The lowest BCUT2D eigenvalue weighted by atomic mass is 9.68. The standard InChI is InChI=1S/C57H36N2O2/c1-4-18-38(19-5-1)56-58-49(36-50(59-56)45-30-15-20-37-17-10-11-27-43(37)45)40-22-14-21-39(35-40)44-29-16-32-51-54(44)60-52-34-33-48-53(55(52)61-51)46-28-12-13-31-47(46)57(48,41-23-6-2-7-24-41)42-25-8-3-9-26-42/h1-36H. The first-order valence-corrected chi connectivity index (χ1v) is 20.6. The van der Waals surface area contributed by atoms with Crippen LogP contribution in [0.3, 0.4) is 0 Å². The molecule has 1 aromatic heterocycles. The predicted octanol–water partition coefficient (Wildman–Crippen LogP) is 14.6. The van der Waals surface area contributed by atoms with E-state index >= 15 is 0 Å². The number of benzene rings is 9. The number of fused-ring (bicyclic) bond motifs is 7. The molecular formula is C57H36N2O2. The summed E-state index contributed by atoms with van der Waals surface area (Å²) in [5.74, 6) is 3.44. The van der Waals surface area contributed by atoms with Crippen LogP contribution >= 0.6 is 0 Å². The van der Waals surface area contributed by atoms with Crippen molar-refractivity contribution in [3.05, 3.63) is 241 Å². The third-order valence-corrected chi connectivity index (χ3v) is 12.2. The molecule has 0 spiro atoms. The molecule has 0 saturated heterocycles. The molecule has 4 heteroatoms. The fourth-order valence-electron chi connectivity index (χ4n) is 9.56. The molecule has 2 aliphatic rings. The van der Waals surface area contributed by atoms with E-state index in [2.05, 4.69) is 188 Å². The molecule has 0 amide bonds. The van der Waals surface area contributed by atoms with Crippen LogP contribution in [-0.4, -0.2) is 9.97 Å². The summed E-state index contributed by atoms with van der Waals surface area (Å²) >= 11 is 0. The molecule has 2 heterocycles.